The van der Waals surface area contributed by atoms with E-state index in [-0.39, 0.29) is 40.1 Å². The van der Waals surface area contributed by atoms with E-state index >= 15 is 0 Å². The smallest absolute Gasteiger partial charge is 1.00 e. The normalized spacial score (nSPS) is 14.9. The van der Waals surface area contributed by atoms with Crippen molar-refractivity contribution >= 4 is 34.2 Å². The third-order valence-electron chi connectivity index (χ3n) is 1.63. The zero-order valence-electron chi connectivity index (χ0n) is 8.32. The Morgan fingerprint density at radius 3 is 2.19 bits per heavy atom. The largest absolute Gasteiger partial charge is 1.00 e. The molecule has 0 heterocycles. The van der Waals surface area contributed by atoms with Crippen molar-refractivity contribution in [1.29, 1.82) is 0 Å². The first-order valence-electron chi connectivity index (χ1n) is 3.59. The van der Waals surface area contributed by atoms with Gasteiger partial charge in [-0.15, -0.1) is 0 Å². The molecule has 1 atom stereocenters. The monoisotopic (exact) mass is 318 g/mol. The molecule has 1 rings (SSSR count). The van der Waals surface area contributed by atoms with E-state index in [0.717, 1.165) is 18.2 Å². The third kappa shape index (κ3) is 3.90. The number of anilines is 1. The van der Waals surface area contributed by atoms with Crippen molar-refractivity contribution < 1.29 is 49.9 Å². The van der Waals surface area contributed by atoms with Crippen molar-refractivity contribution in [1.82, 2.24) is 0 Å². The average Bonchev–Trinajstić information content (AvgIpc) is 1.99. The Hall–Kier alpha value is 0.208. The predicted molar refractivity (Wildman–Crippen MR) is 50.5 cm³/mol. The van der Waals surface area contributed by atoms with Crippen molar-refractivity contribution in [2.24, 2.45) is 5.14 Å². The van der Waals surface area contributed by atoms with E-state index in [9.17, 15) is 16.3 Å². The Kier molecular flexibility index (Phi) is 5.31. The molecule has 0 aliphatic rings. The van der Waals surface area contributed by atoms with E-state index in [2.05, 4.69) is 0 Å². The molecule has 5 N–H and O–H groups in total. The van der Waals surface area contributed by atoms with Gasteiger partial charge in [-0.3, -0.25) is 0 Å². The van der Waals surface area contributed by atoms with Gasteiger partial charge in [-0.25, -0.2) is 0 Å². The van der Waals surface area contributed by atoms with Crippen LogP contribution in [0.15, 0.2) is 23.1 Å². The molecule has 0 bridgehead atoms. The Balaban J connectivity index is 0.00000225. The van der Waals surface area contributed by atoms with Crippen LogP contribution in [0.2, 0.25) is 0 Å². The summed E-state index contributed by atoms with van der Waals surface area (Å²) < 4.78 is 51.6. The summed E-state index contributed by atoms with van der Waals surface area (Å²) in [6.07, 6.45) is 0. The van der Waals surface area contributed by atoms with Crippen molar-refractivity contribution in [3.63, 3.8) is 0 Å². The van der Waals surface area contributed by atoms with Gasteiger partial charge < -0.3 is 0 Å². The molecular weight excluding hydrogens is 310 g/mol. The van der Waals surface area contributed by atoms with E-state index in [1.54, 1.807) is 0 Å². The van der Waals surface area contributed by atoms with Crippen LogP contribution in [0, 0.1) is 0 Å². The molecule has 0 aliphatic carbocycles. The van der Waals surface area contributed by atoms with Crippen LogP contribution in [0.5, 0.6) is 0 Å². The summed E-state index contributed by atoms with van der Waals surface area (Å²) in [6, 6.07) is 2.75. The maximum Gasteiger partial charge on any atom is 1.00 e. The number of sulfonamides is 1. The number of hydrogen-bond acceptors (Lipinski definition) is 5. The first kappa shape index (κ1) is 16.2. The second kappa shape index (κ2) is 5.24. The molecular formula is C6H8AsN2NaO5S. The predicted octanol–water partition coefficient (Wildman–Crippen LogP) is -6.15. The fourth-order valence-electron chi connectivity index (χ4n) is 0.967. The summed E-state index contributed by atoms with van der Waals surface area (Å²) in [6.45, 7) is 0. The van der Waals surface area contributed by atoms with Crippen LogP contribution in [0.1, 0.15) is 0 Å². The van der Waals surface area contributed by atoms with Gasteiger partial charge in [0.1, 0.15) is 0 Å². The summed E-state index contributed by atoms with van der Waals surface area (Å²) in [5, 5.41) is 4.80. The van der Waals surface area contributed by atoms with E-state index in [0.29, 0.717) is 0 Å². The summed E-state index contributed by atoms with van der Waals surface area (Å²) in [7, 11) is -3.93. The minimum absolute atomic E-state index is 0. The molecule has 0 fully saturated rings. The second-order valence-corrected chi connectivity index (χ2v) is 7.54. The molecule has 0 radical (unpaired) electrons. The molecule has 1 aromatic carbocycles. The Labute approximate surface area is 117 Å². The van der Waals surface area contributed by atoms with Gasteiger partial charge in [-0.2, -0.15) is 0 Å². The van der Waals surface area contributed by atoms with Gasteiger partial charge in [0.2, 0.25) is 0 Å². The zero-order valence-corrected chi connectivity index (χ0v) is 13.0. The first-order valence-corrected chi connectivity index (χ1v) is 8.44. The topological polar surface area (TPSA) is 147 Å². The Bertz CT molecular complexity index is 540. The summed E-state index contributed by atoms with van der Waals surface area (Å²) in [4.78, 5) is -0.312. The molecule has 0 aromatic heterocycles. The van der Waals surface area contributed by atoms with Crippen LogP contribution in [0.4, 0.5) is 5.69 Å². The third-order valence-corrected chi connectivity index (χ3v) is 4.67. The number of nitrogens with two attached hydrogens (primary N) is 2. The second-order valence-electron chi connectivity index (χ2n) is 2.79. The molecule has 7 nitrogen and oxygen atoms in total. The van der Waals surface area contributed by atoms with Gasteiger partial charge in [0.15, 0.2) is 0 Å². The maximum absolute atomic E-state index is 10.9. The van der Waals surface area contributed by atoms with Crippen LogP contribution in [0.25, 0.3) is 0 Å². The molecule has 0 aliphatic heterocycles. The van der Waals surface area contributed by atoms with Gasteiger partial charge in [0.05, 0.1) is 0 Å². The standard InChI is InChI=1S/C6H9AsN2O5S.Na/c8-6-3-4(15(9,13)14)1-2-5(6)7(10,11)12;/h1-3H,8H2,(H2,9,13,14)(H2,10,11,12);/q;+1/p-1. The van der Waals surface area contributed by atoms with Crippen LogP contribution < -0.4 is 48.9 Å². The van der Waals surface area contributed by atoms with Crippen molar-refractivity contribution in [2.75, 3.05) is 5.73 Å². The van der Waals surface area contributed by atoms with Crippen LogP contribution >= 0.6 is 0 Å². The number of primary sulfonamides is 1. The minimum Gasteiger partial charge on any atom is 1.00 e. The molecule has 16 heavy (non-hydrogen) atoms. The van der Waals surface area contributed by atoms with Crippen molar-refractivity contribution in [2.45, 2.75) is 4.90 Å². The van der Waals surface area contributed by atoms with E-state index in [1.165, 1.54) is 0 Å². The molecule has 0 saturated carbocycles. The minimum atomic E-state index is -5.36. The van der Waals surface area contributed by atoms with Gasteiger partial charge in [-0.1, -0.05) is 0 Å². The van der Waals surface area contributed by atoms with E-state index in [1.807, 2.05) is 0 Å². The SMILES string of the molecule is Nc1cc(S(N)(=O)=O)ccc1[As](=O)([O-])O.[Na+]. The molecule has 84 valence electrons. The summed E-state index contributed by atoms with van der Waals surface area (Å²) in [5.74, 6) is 0. The van der Waals surface area contributed by atoms with Crippen LogP contribution in [0.3, 0.4) is 0 Å². The fourth-order valence-corrected chi connectivity index (χ4v) is 2.89. The average molecular weight is 318 g/mol. The molecule has 0 amide bonds. The van der Waals surface area contributed by atoms with Crippen LogP contribution in [-0.4, -0.2) is 26.7 Å². The van der Waals surface area contributed by atoms with Gasteiger partial charge in [0, 0.05) is 0 Å². The van der Waals surface area contributed by atoms with Gasteiger partial charge in [-0.05, 0) is 0 Å². The first-order chi connectivity index (χ1) is 6.62. The van der Waals surface area contributed by atoms with Crippen molar-refractivity contribution in [3.8, 4) is 0 Å². The number of nitrogen functional groups attached to an aromatic ring is 1. The number of hydrogen-bond donors (Lipinski definition) is 3. The fraction of sp³-hybridized carbons (Fsp3) is 0. The summed E-state index contributed by atoms with van der Waals surface area (Å²) >= 11 is -5.36. The van der Waals surface area contributed by atoms with Crippen LogP contribution in [-0.2, 0) is 13.8 Å². The van der Waals surface area contributed by atoms with Gasteiger partial charge >= 0.3 is 118 Å². The maximum atomic E-state index is 10.9. The van der Waals surface area contributed by atoms with E-state index < -0.39 is 28.5 Å². The molecule has 0 spiro atoms. The zero-order chi connectivity index (χ0) is 11.9. The molecule has 0 saturated heterocycles. The Morgan fingerprint density at radius 1 is 1.38 bits per heavy atom. The van der Waals surface area contributed by atoms with Crippen molar-refractivity contribution in [3.05, 3.63) is 18.2 Å². The molecule has 10 heteroatoms. The van der Waals surface area contributed by atoms with Gasteiger partial charge in [0.25, 0.3) is 0 Å². The number of benzene rings is 1. The molecule has 1 unspecified atom stereocenters. The summed E-state index contributed by atoms with van der Waals surface area (Å²) in [5.41, 5.74) is 4.92. The van der Waals surface area contributed by atoms with E-state index in [4.69, 9.17) is 15.0 Å². The molecule has 1 aromatic rings. The Morgan fingerprint density at radius 2 is 1.88 bits per heavy atom. The quantitative estimate of drug-likeness (QED) is 0.365. The number of rotatable bonds is 2.